The van der Waals surface area contributed by atoms with E-state index in [1.165, 1.54) is 141 Å². The zero-order chi connectivity index (χ0) is 74.6. The number of rotatable bonds is 75. The molecule has 0 N–H and O–H groups in total. The summed E-state index contributed by atoms with van der Waals surface area (Å²) < 4.78 is 22.9. The summed E-state index contributed by atoms with van der Waals surface area (Å²) in [4.78, 5) is 37.7. The van der Waals surface area contributed by atoms with Gasteiger partial charge in [-0.2, -0.15) is 0 Å². The molecule has 103 heavy (non-hydrogen) atoms. The van der Waals surface area contributed by atoms with Crippen molar-refractivity contribution in [2.75, 3.05) is 47.5 Å². The summed E-state index contributed by atoms with van der Waals surface area (Å²) in [5.41, 5.74) is 0. The van der Waals surface area contributed by atoms with Crippen LogP contribution in [-0.2, 0) is 33.3 Å². The Balaban J connectivity index is 4.08. The van der Waals surface area contributed by atoms with Crippen molar-refractivity contribution in [3.05, 3.63) is 194 Å². The Hall–Kier alpha value is -5.87. The van der Waals surface area contributed by atoms with Crippen molar-refractivity contribution in [1.82, 2.24) is 0 Å². The van der Waals surface area contributed by atoms with Crippen LogP contribution in [0.5, 0.6) is 0 Å². The van der Waals surface area contributed by atoms with Crippen molar-refractivity contribution in [3.8, 4) is 0 Å². The van der Waals surface area contributed by atoms with Crippen LogP contribution in [0.25, 0.3) is 0 Å². The predicted molar refractivity (Wildman–Crippen MR) is 444 cm³/mol. The molecule has 0 aromatic carbocycles. The molecule has 2 unspecified atom stereocenters. The highest BCUT2D eigenvalue weighted by Crippen LogP contribution is 2.18. The summed E-state index contributed by atoms with van der Waals surface area (Å²) in [6.45, 7) is 4.52. The average Bonchev–Trinajstić information content (AvgIpc) is 1.01. The van der Waals surface area contributed by atoms with Crippen LogP contribution in [0, 0.1) is 0 Å². The molecule has 0 bridgehead atoms. The molecule has 0 saturated heterocycles. The van der Waals surface area contributed by atoms with Crippen LogP contribution < -0.4 is 5.11 Å². The Morgan fingerprint density at radius 1 is 0.291 bits per heavy atom. The summed E-state index contributed by atoms with van der Waals surface area (Å²) in [7, 11) is 5.93. The Morgan fingerprint density at radius 2 is 0.524 bits per heavy atom. The first kappa shape index (κ1) is 97.1. The van der Waals surface area contributed by atoms with Crippen LogP contribution in [0.1, 0.15) is 322 Å². The van der Waals surface area contributed by atoms with E-state index in [-0.39, 0.29) is 38.6 Å². The Labute approximate surface area is 633 Å². The van der Waals surface area contributed by atoms with E-state index in [2.05, 4.69) is 208 Å². The highest BCUT2D eigenvalue weighted by molar-refractivity contribution is 5.70. The van der Waals surface area contributed by atoms with Gasteiger partial charge in [0, 0.05) is 12.8 Å². The first-order valence-corrected chi connectivity index (χ1v) is 41.6. The van der Waals surface area contributed by atoms with Crippen LogP contribution in [0.3, 0.4) is 0 Å². The van der Waals surface area contributed by atoms with Gasteiger partial charge in [-0.3, -0.25) is 9.59 Å². The number of unbranched alkanes of at least 4 members (excludes halogenated alkanes) is 28. The number of quaternary nitrogens is 1. The Bertz CT molecular complexity index is 2410. The van der Waals surface area contributed by atoms with Gasteiger partial charge < -0.3 is 33.3 Å². The molecule has 0 saturated carbocycles. The molecule has 0 aliphatic rings. The summed E-state index contributed by atoms with van der Waals surface area (Å²) in [5, 5.41) is 11.9. The van der Waals surface area contributed by atoms with Gasteiger partial charge in [0.05, 0.1) is 40.3 Å². The third-order valence-electron chi connectivity index (χ3n) is 17.3. The molecule has 0 rings (SSSR count). The van der Waals surface area contributed by atoms with Crippen LogP contribution in [-0.4, -0.2) is 82.3 Å². The van der Waals surface area contributed by atoms with Gasteiger partial charge in [0.15, 0.2) is 12.4 Å². The molecule has 9 nitrogen and oxygen atoms in total. The van der Waals surface area contributed by atoms with Gasteiger partial charge in [-0.15, -0.1) is 0 Å². The van der Waals surface area contributed by atoms with Gasteiger partial charge in [-0.25, -0.2) is 0 Å². The van der Waals surface area contributed by atoms with Crippen molar-refractivity contribution < 1.29 is 42.9 Å². The van der Waals surface area contributed by atoms with Gasteiger partial charge >= 0.3 is 11.9 Å². The SMILES string of the molecule is CC/C=C\C/C=C\C/C=C\C/C=C\C/C=C\C/C=C\C/C=C\C/C=C\C/C=C\C/C=C\CCCCCCCCCCCCC(=O)OC(COC(=O)CCCCCCCCCCCCCCCCCCCC/C=C\C/C=C\C/C=C\C/C=C\C/C=C\C/C=C\CC)COC(OCC[N+](C)(C)C)C(=O)[O-]. The standard InChI is InChI=1S/C94H153NO8/c1-6-8-10-12-14-16-18-20-22-24-26-28-30-32-34-36-38-40-42-44-45-46-47-49-51-53-55-57-59-61-63-65-67-69-71-73-75-77-79-81-83-85-92(97)103-90(89-102-94(93(98)99)100-87-86-95(3,4)5)88-101-91(96)84-82-80-78-76-74-72-70-68-66-64-62-60-58-56-54-52-50-48-43-41-39-37-35-33-31-29-27-25-23-21-19-17-15-13-11-9-7-2/h8-11,14-17,20-23,26-29,32-35,38-41,44-45,47,49,53,55,59,61,90,94H,6-7,12-13,18-19,24-25,30-31,36-37,42-43,46,48,50-52,54,56-58,60,62-89H2,1-5H3/b10-8-,11-9-,16-14-,17-15-,22-20-,23-21-,28-26-,29-27-,34-32-,35-33-,40-38-,41-39-,45-44-,49-47-,55-53-,61-59-. The lowest BCUT2D eigenvalue weighted by Gasteiger charge is -2.26. The zero-order valence-electron chi connectivity index (χ0n) is 66.6. The first-order chi connectivity index (χ1) is 50.6. The second-order valence-electron chi connectivity index (χ2n) is 28.3. The number of likely N-dealkylation sites (N-methyl/N-ethyl adjacent to an activating group) is 1. The van der Waals surface area contributed by atoms with E-state index in [9.17, 15) is 19.5 Å². The molecule has 0 heterocycles. The number of aliphatic carboxylic acids is 1. The molecule has 0 aliphatic heterocycles. The minimum Gasteiger partial charge on any atom is -0.545 e. The van der Waals surface area contributed by atoms with Gasteiger partial charge in [0.1, 0.15) is 13.2 Å². The minimum absolute atomic E-state index is 0.140. The van der Waals surface area contributed by atoms with Gasteiger partial charge in [0.25, 0.3) is 0 Å². The second kappa shape index (κ2) is 81.8. The largest absolute Gasteiger partial charge is 0.545 e. The number of carbonyl (C=O) groups excluding carboxylic acids is 3. The second-order valence-corrected chi connectivity index (χ2v) is 28.3. The molecule has 0 amide bonds. The maximum atomic E-state index is 13.0. The molecule has 0 spiro atoms. The normalized spacial score (nSPS) is 13.7. The summed E-state index contributed by atoms with van der Waals surface area (Å²) in [6.07, 6.45) is 123. The van der Waals surface area contributed by atoms with E-state index in [4.69, 9.17) is 18.9 Å². The van der Waals surface area contributed by atoms with Gasteiger partial charge in [-0.05, 0) is 141 Å². The molecular weight excluding hydrogens is 1270 g/mol. The maximum absolute atomic E-state index is 13.0. The number of carboxylic acids is 1. The van der Waals surface area contributed by atoms with Crippen LogP contribution >= 0.6 is 0 Å². The number of nitrogens with zero attached hydrogens (tertiary/aromatic N) is 1. The summed E-state index contributed by atoms with van der Waals surface area (Å²) in [6, 6.07) is 0. The van der Waals surface area contributed by atoms with E-state index >= 15 is 0 Å². The molecule has 9 heteroatoms. The number of hydrogen-bond donors (Lipinski definition) is 0. The number of hydrogen-bond acceptors (Lipinski definition) is 8. The van der Waals surface area contributed by atoms with Crippen molar-refractivity contribution in [2.24, 2.45) is 0 Å². The van der Waals surface area contributed by atoms with Gasteiger partial charge in [-0.1, -0.05) is 362 Å². The quantitative estimate of drug-likeness (QED) is 0.0195. The van der Waals surface area contributed by atoms with Crippen LogP contribution in [0.4, 0.5) is 0 Å². The molecular formula is C94H153NO8. The van der Waals surface area contributed by atoms with Gasteiger partial charge in [0.2, 0.25) is 0 Å². The fourth-order valence-electron chi connectivity index (χ4n) is 11.1. The maximum Gasteiger partial charge on any atom is 0.306 e. The third-order valence-corrected chi connectivity index (χ3v) is 17.3. The predicted octanol–water partition coefficient (Wildman–Crippen LogP) is 25.9. The Morgan fingerprint density at radius 3 is 0.777 bits per heavy atom. The molecule has 2 atom stereocenters. The van der Waals surface area contributed by atoms with E-state index in [1.54, 1.807) is 0 Å². The first-order valence-electron chi connectivity index (χ1n) is 41.6. The molecule has 0 aromatic heterocycles. The van der Waals surface area contributed by atoms with E-state index in [0.29, 0.717) is 17.4 Å². The summed E-state index contributed by atoms with van der Waals surface area (Å²) in [5.74, 6) is -2.29. The summed E-state index contributed by atoms with van der Waals surface area (Å²) >= 11 is 0. The molecule has 0 aliphatic carbocycles. The lowest BCUT2D eigenvalue weighted by Crippen LogP contribution is -2.44. The van der Waals surface area contributed by atoms with E-state index < -0.39 is 24.3 Å². The van der Waals surface area contributed by atoms with E-state index in [1.807, 2.05) is 21.1 Å². The number of allylic oxidation sites excluding steroid dienone is 32. The topological polar surface area (TPSA) is 111 Å². The van der Waals surface area contributed by atoms with Crippen molar-refractivity contribution >= 4 is 17.9 Å². The highest BCUT2D eigenvalue weighted by atomic mass is 16.7. The third kappa shape index (κ3) is 83.3. The minimum atomic E-state index is -1.63. The fraction of sp³-hybridized carbons (Fsp3) is 0.628. The zero-order valence-corrected chi connectivity index (χ0v) is 66.6. The van der Waals surface area contributed by atoms with Crippen molar-refractivity contribution in [3.63, 3.8) is 0 Å². The number of ether oxygens (including phenoxy) is 4. The van der Waals surface area contributed by atoms with E-state index in [0.717, 1.165) is 148 Å². The van der Waals surface area contributed by atoms with Crippen molar-refractivity contribution in [2.45, 2.75) is 334 Å². The smallest absolute Gasteiger partial charge is 0.306 e. The molecule has 0 radical (unpaired) electrons. The van der Waals surface area contributed by atoms with Crippen LogP contribution in [0.2, 0.25) is 0 Å². The fourth-order valence-corrected chi connectivity index (χ4v) is 11.1. The highest BCUT2D eigenvalue weighted by Gasteiger charge is 2.22. The molecule has 0 aromatic rings. The number of carbonyl (C=O) groups is 3. The molecule has 582 valence electrons. The number of esters is 2. The Kier molecular flexibility index (Phi) is 77.1. The van der Waals surface area contributed by atoms with Crippen LogP contribution in [0.15, 0.2) is 194 Å². The molecule has 0 fully saturated rings. The lowest BCUT2D eigenvalue weighted by atomic mass is 10.0. The average molecular weight is 1430 g/mol. The lowest BCUT2D eigenvalue weighted by molar-refractivity contribution is -0.870. The van der Waals surface area contributed by atoms with Crippen molar-refractivity contribution in [1.29, 1.82) is 0 Å². The number of carboxylic acid groups (broad SMARTS) is 1. The monoisotopic (exact) mass is 1420 g/mol.